The molecule has 1 atom stereocenters. The van der Waals surface area contributed by atoms with Crippen LogP contribution < -0.4 is 10.2 Å². The Morgan fingerprint density at radius 3 is 2.68 bits per heavy atom. The molecule has 150 valence electrons. The summed E-state index contributed by atoms with van der Waals surface area (Å²) in [6.07, 6.45) is 3.89. The molecule has 28 heavy (non-hydrogen) atoms. The first-order chi connectivity index (χ1) is 13.5. The molecule has 0 unspecified atom stereocenters. The molecular formula is C20H27N5O2S. The molecule has 7 nitrogen and oxygen atoms in total. The highest BCUT2D eigenvalue weighted by Crippen LogP contribution is 2.28. The van der Waals surface area contributed by atoms with E-state index < -0.39 is 6.04 Å². The maximum atomic E-state index is 12.7. The van der Waals surface area contributed by atoms with Crippen LogP contribution in [0.3, 0.4) is 0 Å². The molecule has 0 bridgehead atoms. The van der Waals surface area contributed by atoms with Gasteiger partial charge in [0.25, 0.3) is 0 Å². The van der Waals surface area contributed by atoms with E-state index in [0.717, 1.165) is 35.5 Å². The fourth-order valence-electron chi connectivity index (χ4n) is 3.29. The van der Waals surface area contributed by atoms with Crippen LogP contribution in [0.5, 0.6) is 0 Å². The van der Waals surface area contributed by atoms with Gasteiger partial charge in [0.2, 0.25) is 16.9 Å². The Morgan fingerprint density at radius 1 is 1.25 bits per heavy atom. The van der Waals surface area contributed by atoms with Gasteiger partial charge in [0.1, 0.15) is 11.0 Å². The molecule has 1 aliphatic rings. The van der Waals surface area contributed by atoms with E-state index in [1.54, 1.807) is 4.90 Å². The summed E-state index contributed by atoms with van der Waals surface area (Å²) in [5, 5.41) is 12.4. The Kier molecular flexibility index (Phi) is 6.61. The Morgan fingerprint density at radius 2 is 2.00 bits per heavy atom. The number of hydrogen-bond donors (Lipinski definition) is 1. The van der Waals surface area contributed by atoms with E-state index in [0.29, 0.717) is 24.5 Å². The third-order valence-electron chi connectivity index (χ3n) is 4.91. The third-order valence-corrected chi connectivity index (χ3v) is 5.79. The minimum Gasteiger partial charge on any atom is -0.378 e. The lowest BCUT2D eigenvalue weighted by molar-refractivity contribution is -0.136. The van der Waals surface area contributed by atoms with Crippen molar-refractivity contribution >= 4 is 34.0 Å². The minimum atomic E-state index is -0.406. The number of anilines is 2. The van der Waals surface area contributed by atoms with Gasteiger partial charge in [-0.2, -0.15) is 0 Å². The number of carbonyl (C=O) groups is 2. The first-order valence-electron chi connectivity index (χ1n) is 9.71. The maximum absolute atomic E-state index is 12.7. The van der Waals surface area contributed by atoms with Crippen LogP contribution >= 0.6 is 11.3 Å². The van der Waals surface area contributed by atoms with Crippen molar-refractivity contribution in [2.75, 3.05) is 30.9 Å². The third kappa shape index (κ3) is 4.67. The van der Waals surface area contributed by atoms with Gasteiger partial charge in [-0.3, -0.25) is 14.9 Å². The normalized spacial score (nSPS) is 16.2. The van der Waals surface area contributed by atoms with Crippen LogP contribution in [0.4, 0.5) is 10.8 Å². The summed E-state index contributed by atoms with van der Waals surface area (Å²) in [7, 11) is 3.99. The number of amides is 2. The van der Waals surface area contributed by atoms with E-state index in [1.165, 1.54) is 11.3 Å². The standard InChI is InChI=1S/C20H27N5O2S/c1-4-5-8-17(26)25-13-6-7-16(25)18(27)21-20-23-22-19(28-20)14-9-11-15(12-10-14)24(2)3/h9-12,16H,4-8,13H2,1-3H3,(H,21,23,27)/t16-/m0/s1. The summed E-state index contributed by atoms with van der Waals surface area (Å²) in [5.41, 5.74) is 2.07. The molecule has 1 fully saturated rings. The summed E-state index contributed by atoms with van der Waals surface area (Å²) in [5.74, 6) is -0.105. The van der Waals surface area contributed by atoms with E-state index >= 15 is 0 Å². The zero-order valence-electron chi connectivity index (χ0n) is 16.6. The zero-order chi connectivity index (χ0) is 20.1. The number of unbranched alkanes of at least 4 members (excludes halogenated alkanes) is 1. The monoisotopic (exact) mass is 401 g/mol. The number of benzene rings is 1. The van der Waals surface area contributed by atoms with Gasteiger partial charge in [0.05, 0.1) is 0 Å². The van der Waals surface area contributed by atoms with Crippen molar-refractivity contribution in [3.63, 3.8) is 0 Å². The lowest BCUT2D eigenvalue weighted by Crippen LogP contribution is -2.43. The van der Waals surface area contributed by atoms with Crippen molar-refractivity contribution in [1.82, 2.24) is 15.1 Å². The average Bonchev–Trinajstić information content (AvgIpc) is 3.35. The molecule has 0 aliphatic carbocycles. The largest absolute Gasteiger partial charge is 0.378 e. The van der Waals surface area contributed by atoms with Crippen LogP contribution in [0.2, 0.25) is 0 Å². The first-order valence-corrected chi connectivity index (χ1v) is 10.5. The molecule has 1 aromatic heterocycles. The van der Waals surface area contributed by atoms with Gasteiger partial charge in [-0.1, -0.05) is 24.7 Å². The molecule has 0 saturated carbocycles. The number of carbonyl (C=O) groups excluding carboxylic acids is 2. The number of hydrogen-bond acceptors (Lipinski definition) is 6. The Labute approximate surface area is 169 Å². The van der Waals surface area contributed by atoms with Crippen LogP contribution in [-0.4, -0.2) is 53.6 Å². The Balaban J connectivity index is 1.64. The van der Waals surface area contributed by atoms with Crippen molar-refractivity contribution in [1.29, 1.82) is 0 Å². The Hall–Kier alpha value is -2.48. The van der Waals surface area contributed by atoms with Gasteiger partial charge < -0.3 is 9.80 Å². The van der Waals surface area contributed by atoms with Gasteiger partial charge >= 0.3 is 0 Å². The van der Waals surface area contributed by atoms with Crippen LogP contribution in [0.15, 0.2) is 24.3 Å². The predicted molar refractivity (Wildman–Crippen MR) is 113 cm³/mol. The van der Waals surface area contributed by atoms with Gasteiger partial charge in [-0.15, -0.1) is 10.2 Å². The van der Waals surface area contributed by atoms with Crippen LogP contribution in [0, 0.1) is 0 Å². The average molecular weight is 402 g/mol. The minimum absolute atomic E-state index is 0.0680. The summed E-state index contributed by atoms with van der Waals surface area (Å²) in [6.45, 7) is 2.71. The topological polar surface area (TPSA) is 78.4 Å². The summed E-state index contributed by atoms with van der Waals surface area (Å²) < 4.78 is 0. The van der Waals surface area contributed by atoms with Gasteiger partial charge in [0, 0.05) is 38.3 Å². The maximum Gasteiger partial charge on any atom is 0.249 e. The van der Waals surface area contributed by atoms with Crippen molar-refractivity contribution in [2.24, 2.45) is 0 Å². The van der Waals surface area contributed by atoms with E-state index in [2.05, 4.69) is 22.4 Å². The van der Waals surface area contributed by atoms with Gasteiger partial charge in [-0.25, -0.2) is 0 Å². The molecule has 1 N–H and O–H groups in total. The molecule has 2 amide bonds. The Bertz CT molecular complexity index is 818. The highest BCUT2D eigenvalue weighted by Gasteiger charge is 2.34. The molecule has 2 heterocycles. The lowest BCUT2D eigenvalue weighted by atomic mass is 10.2. The molecule has 2 aromatic rings. The number of rotatable bonds is 7. The van der Waals surface area contributed by atoms with Crippen LogP contribution in [0.25, 0.3) is 10.6 Å². The molecule has 0 spiro atoms. The fourth-order valence-corrected chi connectivity index (χ4v) is 4.04. The van der Waals surface area contributed by atoms with E-state index in [-0.39, 0.29) is 11.8 Å². The second-order valence-corrected chi connectivity index (χ2v) is 8.17. The van der Waals surface area contributed by atoms with E-state index in [1.807, 2.05) is 43.3 Å². The van der Waals surface area contributed by atoms with E-state index in [9.17, 15) is 9.59 Å². The predicted octanol–water partition coefficient (Wildman–Crippen LogP) is 3.39. The molecule has 1 aromatic carbocycles. The quantitative estimate of drug-likeness (QED) is 0.769. The summed E-state index contributed by atoms with van der Waals surface area (Å²) >= 11 is 1.34. The number of aromatic nitrogens is 2. The summed E-state index contributed by atoms with van der Waals surface area (Å²) in [6, 6.07) is 7.62. The molecular weight excluding hydrogens is 374 g/mol. The second-order valence-electron chi connectivity index (χ2n) is 7.19. The lowest BCUT2D eigenvalue weighted by Gasteiger charge is -2.23. The van der Waals surface area contributed by atoms with Crippen molar-refractivity contribution < 1.29 is 9.59 Å². The highest BCUT2D eigenvalue weighted by molar-refractivity contribution is 7.18. The van der Waals surface area contributed by atoms with Crippen LogP contribution in [0.1, 0.15) is 39.0 Å². The van der Waals surface area contributed by atoms with Gasteiger partial charge in [0.15, 0.2) is 0 Å². The molecule has 3 rings (SSSR count). The van der Waals surface area contributed by atoms with Crippen LogP contribution in [-0.2, 0) is 9.59 Å². The zero-order valence-corrected chi connectivity index (χ0v) is 17.5. The number of nitrogens with one attached hydrogen (secondary N) is 1. The fraction of sp³-hybridized carbons (Fsp3) is 0.500. The molecule has 0 radical (unpaired) electrons. The molecule has 1 aliphatic heterocycles. The van der Waals surface area contributed by atoms with Crippen molar-refractivity contribution in [3.05, 3.63) is 24.3 Å². The molecule has 1 saturated heterocycles. The summed E-state index contributed by atoms with van der Waals surface area (Å²) in [4.78, 5) is 28.8. The number of likely N-dealkylation sites (tertiary alicyclic amines) is 1. The molecule has 8 heteroatoms. The number of nitrogens with zero attached hydrogens (tertiary/aromatic N) is 4. The highest BCUT2D eigenvalue weighted by atomic mass is 32.1. The SMILES string of the molecule is CCCCC(=O)N1CCC[C@H]1C(=O)Nc1nnc(-c2ccc(N(C)C)cc2)s1. The first kappa shape index (κ1) is 20.3. The van der Waals surface area contributed by atoms with E-state index in [4.69, 9.17) is 0 Å². The van der Waals surface area contributed by atoms with Crippen molar-refractivity contribution in [2.45, 2.75) is 45.1 Å². The van der Waals surface area contributed by atoms with Crippen molar-refractivity contribution in [3.8, 4) is 10.6 Å². The smallest absolute Gasteiger partial charge is 0.249 e. The van der Waals surface area contributed by atoms with Gasteiger partial charge in [-0.05, 0) is 43.5 Å². The second kappa shape index (κ2) is 9.14.